The zero-order valence-corrected chi connectivity index (χ0v) is 14.2. The summed E-state index contributed by atoms with van der Waals surface area (Å²) in [6.45, 7) is 9.71. The van der Waals surface area contributed by atoms with Crippen molar-refractivity contribution in [1.29, 1.82) is 0 Å². The standard InChI is InChI=1S/C14H13FN2O.2C2H6/c1-9-4-3-5-11(13(9)15)10-6-7-17-12(8-10)14(18)16-2;2*1-2/h3-8H,1-2H3,(H,16,18);2*1-2H3. The van der Waals surface area contributed by atoms with E-state index in [1.807, 2.05) is 27.7 Å². The zero-order chi connectivity index (χ0) is 17.1. The van der Waals surface area contributed by atoms with Gasteiger partial charge < -0.3 is 5.32 Å². The van der Waals surface area contributed by atoms with Gasteiger partial charge in [0.25, 0.3) is 5.91 Å². The average Bonchev–Trinajstić information content (AvgIpc) is 2.60. The lowest BCUT2D eigenvalue weighted by Gasteiger charge is -2.07. The Morgan fingerprint density at radius 2 is 1.77 bits per heavy atom. The predicted octanol–water partition coefficient (Wildman–Crippen LogP) is 4.61. The second-order valence-corrected chi connectivity index (χ2v) is 3.95. The first-order valence-corrected chi connectivity index (χ1v) is 7.57. The molecule has 1 heterocycles. The quantitative estimate of drug-likeness (QED) is 0.880. The van der Waals surface area contributed by atoms with E-state index in [0.717, 1.165) is 0 Å². The highest BCUT2D eigenvalue weighted by atomic mass is 19.1. The van der Waals surface area contributed by atoms with Gasteiger partial charge >= 0.3 is 0 Å². The number of carbonyl (C=O) groups is 1. The van der Waals surface area contributed by atoms with Gasteiger partial charge in [-0.05, 0) is 30.2 Å². The largest absolute Gasteiger partial charge is 0.354 e. The number of carbonyl (C=O) groups excluding carboxylic acids is 1. The Morgan fingerprint density at radius 3 is 2.36 bits per heavy atom. The maximum atomic E-state index is 14.0. The smallest absolute Gasteiger partial charge is 0.269 e. The summed E-state index contributed by atoms with van der Waals surface area (Å²) in [5.41, 5.74) is 1.97. The molecule has 0 radical (unpaired) electrons. The van der Waals surface area contributed by atoms with Crippen LogP contribution < -0.4 is 5.32 Å². The SMILES string of the molecule is CC.CC.CNC(=O)c1cc(-c2cccc(C)c2F)ccn1. The van der Waals surface area contributed by atoms with Gasteiger partial charge in [-0.15, -0.1) is 0 Å². The Hall–Kier alpha value is -2.23. The average molecular weight is 304 g/mol. The van der Waals surface area contributed by atoms with Crippen LogP contribution in [-0.4, -0.2) is 17.9 Å². The number of pyridine rings is 1. The van der Waals surface area contributed by atoms with Gasteiger partial charge in [0.2, 0.25) is 0 Å². The highest BCUT2D eigenvalue weighted by Crippen LogP contribution is 2.24. The van der Waals surface area contributed by atoms with Crippen molar-refractivity contribution in [2.75, 3.05) is 7.05 Å². The zero-order valence-electron chi connectivity index (χ0n) is 14.2. The fraction of sp³-hybridized carbons (Fsp3) is 0.333. The van der Waals surface area contributed by atoms with Crippen LogP contribution in [0, 0.1) is 12.7 Å². The molecule has 4 heteroatoms. The summed E-state index contributed by atoms with van der Waals surface area (Å²) in [5, 5.41) is 2.49. The summed E-state index contributed by atoms with van der Waals surface area (Å²) in [5.74, 6) is -0.559. The van der Waals surface area contributed by atoms with E-state index in [-0.39, 0.29) is 17.4 Å². The lowest BCUT2D eigenvalue weighted by Crippen LogP contribution is -2.19. The summed E-state index contributed by atoms with van der Waals surface area (Å²) >= 11 is 0. The molecule has 22 heavy (non-hydrogen) atoms. The van der Waals surface area contributed by atoms with E-state index in [4.69, 9.17) is 0 Å². The van der Waals surface area contributed by atoms with Gasteiger partial charge in [0, 0.05) is 18.8 Å². The molecule has 0 spiro atoms. The van der Waals surface area contributed by atoms with E-state index in [1.54, 1.807) is 37.3 Å². The van der Waals surface area contributed by atoms with Crippen molar-refractivity contribution in [3.63, 3.8) is 0 Å². The van der Waals surface area contributed by atoms with Gasteiger partial charge in [0.15, 0.2) is 0 Å². The maximum Gasteiger partial charge on any atom is 0.269 e. The molecule has 0 bridgehead atoms. The van der Waals surface area contributed by atoms with Gasteiger partial charge in [-0.3, -0.25) is 9.78 Å². The van der Waals surface area contributed by atoms with Crippen LogP contribution >= 0.6 is 0 Å². The van der Waals surface area contributed by atoms with E-state index < -0.39 is 0 Å². The van der Waals surface area contributed by atoms with Crippen LogP contribution in [0.1, 0.15) is 43.7 Å². The topological polar surface area (TPSA) is 42.0 Å². The summed E-state index contributed by atoms with van der Waals surface area (Å²) in [6, 6.07) is 8.44. The number of nitrogens with zero attached hydrogens (tertiary/aromatic N) is 1. The molecule has 3 nitrogen and oxygen atoms in total. The highest BCUT2D eigenvalue weighted by Gasteiger charge is 2.10. The number of hydrogen-bond donors (Lipinski definition) is 1. The van der Waals surface area contributed by atoms with Gasteiger partial charge in [0.1, 0.15) is 11.5 Å². The summed E-state index contributed by atoms with van der Waals surface area (Å²) < 4.78 is 14.0. The molecule has 0 aliphatic rings. The number of halogens is 1. The van der Waals surface area contributed by atoms with Crippen LogP contribution in [-0.2, 0) is 0 Å². The Labute approximate surface area is 132 Å². The molecular weight excluding hydrogens is 279 g/mol. The van der Waals surface area contributed by atoms with Crippen LogP contribution in [0.15, 0.2) is 36.5 Å². The molecule has 2 aromatic rings. The third-order valence-corrected chi connectivity index (χ3v) is 2.72. The minimum atomic E-state index is -0.287. The lowest BCUT2D eigenvalue weighted by molar-refractivity contribution is 0.0958. The van der Waals surface area contributed by atoms with Crippen molar-refractivity contribution in [2.24, 2.45) is 0 Å². The number of rotatable bonds is 2. The minimum Gasteiger partial charge on any atom is -0.354 e. The monoisotopic (exact) mass is 304 g/mol. The normalized spacial score (nSPS) is 8.86. The van der Waals surface area contributed by atoms with E-state index in [1.165, 1.54) is 13.2 Å². The van der Waals surface area contributed by atoms with Crippen LogP contribution in [0.4, 0.5) is 4.39 Å². The highest BCUT2D eigenvalue weighted by molar-refractivity contribution is 5.93. The van der Waals surface area contributed by atoms with Gasteiger partial charge in [0.05, 0.1) is 0 Å². The van der Waals surface area contributed by atoms with E-state index in [0.29, 0.717) is 16.7 Å². The Balaban J connectivity index is 0.00000102. The summed E-state index contributed by atoms with van der Waals surface area (Å²) in [4.78, 5) is 15.4. The first-order valence-electron chi connectivity index (χ1n) is 7.57. The van der Waals surface area contributed by atoms with Crippen LogP contribution in [0.3, 0.4) is 0 Å². The number of benzene rings is 1. The van der Waals surface area contributed by atoms with Gasteiger partial charge in [-0.2, -0.15) is 0 Å². The van der Waals surface area contributed by atoms with Gasteiger partial charge in [-0.25, -0.2) is 4.39 Å². The fourth-order valence-corrected chi connectivity index (χ4v) is 1.72. The molecule has 1 aromatic heterocycles. The first-order chi connectivity index (χ1) is 10.6. The van der Waals surface area contributed by atoms with Crippen molar-refractivity contribution < 1.29 is 9.18 Å². The molecular formula is C18H25FN2O. The van der Waals surface area contributed by atoms with Crippen LogP contribution in [0.25, 0.3) is 11.1 Å². The summed E-state index contributed by atoms with van der Waals surface area (Å²) in [6.07, 6.45) is 1.50. The van der Waals surface area contributed by atoms with Crippen LogP contribution in [0.5, 0.6) is 0 Å². The number of aryl methyl sites for hydroxylation is 1. The Morgan fingerprint density at radius 1 is 1.14 bits per heavy atom. The number of hydrogen-bond acceptors (Lipinski definition) is 2. The third-order valence-electron chi connectivity index (χ3n) is 2.72. The van der Waals surface area contributed by atoms with Crippen molar-refractivity contribution in [1.82, 2.24) is 10.3 Å². The van der Waals surface area contributed by atoms with Crippen molar-refractivity contribution in [3.8, 4) is 11.1 Å². The first kappa shape index (κ1) is 19.8. The third kappa shape index (κ3) is 4.95. The molecule has 1 N–H and O–H groups in total. The number of aromatic nitrogens is 1. The lowest BCUT2D eigenvalue weighted by atomic mass is 10.0. The molecule has 0 saturated heterocycles. The minimum absolute atomic E-state index is 0.272. The Kier molecular flexibility index (Phi) is 9.43. The molecule has 0 saturated carbocycles. The molecule has 2 rings (SSSR count). The number of nitrogens with one attached hydrogen (secondary N) is 1. The van der Waals surface area contributed by atoms with Gasteiger partial charge in [-0.1, -0.05) is 45.9 Å². The van der Waals surface area contributed by atoms with Crippen molar-refractivity contribution in [3.05, 3.63) is 53.6 Å². The summed E-state index contributed by atoms with van der Waals surface area (Å²) in [7, 11) is 1.53. The molecule has 0 unspecified atom stereocenters. The molecule has 120 valence electrons. The molecule has 1 aromatic carbocycles. The number of amides is 1. The fourth-order valence-electron chi connectivity index (χ4n) is 1.72. The van der Waals surface area contributed by atoms with E-state index in [2.05, 4.69) is 10.3 Å². The van der Waals surface area contributed by atoms with E-state index in [9.17, 15) is 9.18 Å². The predicted molar refractivity (Wildman–Crippen MR) is 90.5 cm³/mol. The second-order valence-electron chi connectivity index (χ2n) is 3.95. The van der Waals surface area contributed by atoms with Crippen LogP contribution in [0.2, 0.25) is 0 Å². The van der Waals surface area contributed by atoms with Crippen molar-refractivity contribution >= 4 is 5.91 Å². The second kappa shape index (κ2) is 10.5. The molecule has 0 fully saturated rings. The Bertz CT molecular complexity index is 597. The van der Waals surface area contributed by atoms with Crippen molar-refractivity contribution in [2.45, 2.75) is 34.6 Å². The maximum absolute atomic E-state index is 14.0. The molecule has 0 aliphatic carbocycles. The van der Waals surface area contributed by atoms with E-state index >= 15 is 0 Å². The molecule has 0 aliphatic heterocycles. The molecule has 1 amide bonds. The molecule has 0 atom stereocenters.